The Balaban J connectivity index is 2.02. The topological polar surface area (TPSA) is 75.6 Å². The van der Waals surface area contributed by atoms with E-state index in [2.05, 4.69) is 5.32 Å². The molecule has 0 aromatic heterocycles. The van der Waals surface area contributed by atoms with Gasteiger partial charge in [0.15, 0.2) is 7.37 Å². The smallest absolute Gasteiger partial charge is 0.407 e. The second-order valence-corrected chi connectivity index (χ2v) is 7.37. The number of hydrogen-bond donors (Lipinski definition) is 2. The fraction of sp³-hybridized carbons (Fsp3) is 0.500. The number of ether oxygens (including phenoxy) is 1. The minimum Gasteiger partial charge on any atom is -0.445 e. The van der Waals surface area contributed by atoms with E-state index in [0.717, 1.165) is 18.4 Å². The summed E-state index contributed by atoms with van der Waals surface area (Å²) in [5.41, 5.74) is 0.948. The summed E-state index contributed by atoms with van der Waals surface area (Å²) < 4.78 is 16.1. The Kier molecular flexibility index (Phi) is 7.34. The molecule has 0 radical (unpaired) electrons. The van der Waals surface area contributed by atoms with Crippen molar-refractivity contribution in [1.82, 2.24) is 5.32 Å². The van der Waals surface area contributed by atoms with Crippen LogP contribution in [0.2, 0.25) is 0 Å². The standard InChI is InChI=1S/C14H22NO4P/c1-20(17,18)11-7-3-6-10-15-14(16)19-12-13-8-4-2-5-9-13/h2,4-5,8-9H,3,6-7,10-12H2,1H3,(H,15,16)(H,17,18). The maximum atomic E-state index is 11.4. The van der Waals surface area contributed by atoms with Gasteiger partial charge in [0.25, 0.3) is 0 Å². The highest BCUT2D eigenvalue weighted by atomic mass is 31.2. The van der Waals surface area contributed by atoms with Gasteiger partial charge in [0.1, 0.15) is 6.61 Å². The molecule has 1 aromatic rings. The molecule has 0 saturated heterocycles. The van der Waals surface area contributed by atoms with E-state index in [1.807, 2.05) is 30.3 Å². The number of benzene rings is 1. The normalized spacial score (nSPS) is 13.5. The number of carbonyl (C=O) groups excluding carboxylic acids is 1. The molecule has 112 valence electrons. The molecule has 0 bridgehead atoms. The van der Waals surface area contributed by atoms with E-state index >= 15 is 0 Å². The van der Waals surface area contributed by atoms with Crippen LogP contribution in [0.4, 0.5) is 4.79 Å². The van der Waals surface area contributed by atoms with Crippen LogP contribution in [0.1, 0.15) is 24.8 Å². The molecule has 1 rings (SSSR count). The summed E-state index contributed by atoms with van der Waals surface area (Å²) in [4.78, 5) is 20.5. The monoisotopic (exact) mass is 299 g/mol. The molecule has 0 aliphatic rings. The number of rotatable bonds is 8. The maximum absolute atomic E-state index is 11.4. The van der Waals surface area contributed by atoms with E-state index < -0.39 is 13.5 Å². The van der Waals surface area contributed by atoms with Gasteiger partial charge in [-0.05, 0) is 18.4 Å². The van der Waals surface area contributed by atoms with Gasteiger partial charge in [-0.15, -0.1) is 0 Å². The van der Waals surface area contributed by atoms with Gasteiger partial charge >= 0.3 is 6.09 Å². The zero-order valence-electron chi connectivity index (χ0n) is 11.7. The third kappa shape index (κ3) is 8.73. The average molecular weight is 299 g/mol. The number of nitrogens with one attached hydrogen (secondary N) is 1. The molecule has 0 spiro atoms. The third-order valence-electron chi connectivity index (χ3n) is 2.73. The van der Waals surface area contributed by atoms with E-state index in [-0.39, 0.29) is 6.61 Å². The highest BCUT2D eigenvalue weighted by Crippen LogP contribution is 2.36. The van der Waals surface area contributed by atoms with Gasteiger partial charge in [-0.3, -0.25) is 4.57 Å². The van der Waals surface area contributed by atoms with Gasteiger partial charge in [-0.25, -0.2) is 4.79 Å². The Bertz CT molecular complexity index is 444. The van der Waals surface area contributed by atoms with Gasteiger partial charge in [0, 0.05) is 19.4 Å². The predicted octanol–water partition coefficient (Wildman–Crippen LogP) is 2.98. The summed E-state index contributed by atoms with van der Waals surface area (Å²) >= 11 is 0. The first-order chi connectivity index (χ1) is 9.47. The van der Waals surface area contributed by atoms with Crippen molar-refractivity contribution in [2.24, 2.45) is 0 Å². The van der Waals surface area contributed by atoms with Crippen molar-refractivity contribution in [3.05, 3.63) is 35.9 Å². The number of unbranched alkanes of at least 4 members (excludes halogenated alkanes) is 2. The highest BCUT2D eigenvalue weighted by molar-refractivity contribution is 7.57. The van der Waals surface area contributed by atoms with Crippen LogP contribution in [-0.2, 0) is 15.9 Å². The van der Waals surface area contributed by atoms with Crippen LogP contribution in [0.5, 0.6) is 0 Å². The van der Waals surface area contributed by atoms with Crippen molar-refractivity contribution >= 4 is 13.5 Å². The number of alkyl carbamates (subject to hydrolysis) is 1. The Morgan fingerprint density at radius 1 is 1.25 bits per heavy atom. The van der Waals surface area contributed by atoms with Crippen molar-refractivity contribution in [1.29, 1.82) is 0 Å². The largest absolute Gasteiger partial charge is 0.445 e. The van der Waals surface area contributed by atoms with Crippen molar-refractivity contribution in [2.75, 3.05) is 19.4 Å². The number of carbonyl (C=O) groups is 1. The van der Waals surface area contributed by atoms with Crippen LogP contribution < -0.4 is 5.32 Å². The predicted molar refractivity (Wildman–Crippen MR) is 79.1 cm³/mol. The highest BCUT2D eigenvalue weighted by Gasteiger charge is 2.08. The Labute approximate surface area is 119 Å². The Morgan fingerprint density at radius 3 is 2.60 bits per heavy atom. The van der Waals surface area contributed by atoms with E-state index in [9.17, 15) is 9.36 Å². The minimum absolute atomic E-state index is 0.260. The summed E-state index contributed by atoms with van der Waals surface area (Å²) in [7, 11) is -2.89. The summed E-state index contributed by atoms with van der Waals surface area (Å²) in [5, 5.41) is 2.66. The van der Waals surface area contributed by atoms with Gasteiger partial charge in [-0.1, -0.05) is 36.8 Å². The quantitative estimate of drug-likeness (QED) is 0.571. The SMILES string of the molecule is CP(=O)(O)CCCCCNC(=O)OCc1ccccc1. The molecule has 1 unspecified atom stereocenters. The lowest BCUT2D eigenvalue weighted by Gasteiger charge is -2.07. The van der Waals surface area contributed by atoms with Gasteiger partial charge < -0.3 is 14.9 Å². The lowest BCUT2D eigenvalue weighted by Crippen LogP contribution is -2.25. The fourth-order valence-electron chi connectivity index (χ4n) is 1.67. The zero-order valence-corrected chi connectivity index (χ0v) is 12.6. The molecule has 20 heavy (non-hydrogen) atoms. The van der Waals surface area contributed by atoms with Crippen LogP contribution in [0, 0.1) is 0 Å². The summed E-state index contributed by atoms with van der Waals surface area (Å²) in [5.74, 6) is 0. The zero-order chi connectivity index (χ0) is 14.8. The lowest BCUT2D eigenvalue weighted by molar-refractivity contribution is 0.139. The van der Waals surface area contributed by atoms with Gasteiger partial charge in [0.2, 0.25) is 0 Å². The molecule has 0 aliphatic heterocycles. The average Bonchev–Trinajstić information content (AvgIpc) is 2.40. The first kappa shape index (κ1) is 16.7. The lowest BCUT2D eigenvalue weighted by atomic mass is 10.2. The van der Waals surface area contributed by atoms with Crippen molar-refractivity contribution in [3.63, 3.8) is 0 Å². The molecule has 6 heteroatoms. The van der Waals surface area contributed by atoms with Crippen LogP contribution in [0.3, 0.4) is 0 Å². The fourth-order valence-corrected chi connectivity index (χ4v) is 2.48. The van der Waals surface area contributed by atoms with Crippen LogP contribution in [-0.4, -0.2) is 30.4 Å². The van der Waals surface area contributed by atoms with E-state index in [0.29, 0.717) is 19.1 Å². The molecule has 5 nitrogen and oxygen atoms in total. The number of hydrogen-bond acceptors (Lipinski definition) is 3. The molecule has 1 amide bonds. The van der Waals surface area contributed by atoms with Crippen molar-refractivity contribution in [3.8, 4) is 0 Å². The van der Waals surface area contributed by atoms with Crippen molar-refractivity contribution < 1.29 is 19.0 Å². The second kappa shape index (κ2) is 8.77. The molecule has 0 saturated carbocycles. The van der Waals surface area contributed by atoms with Gasteiger partial charge in [-0.2, -0.15) is 0 Å². The van der Waals surface area contributed by atoms with E-state index in [1.165, 1.54) is 6.66 Å². The summed E-state index contributed by atoms with van der Waals surface area (Å²) in [6, 6.07) is 9.48. The van der Waals surface area contributed by atoms with Gasteiger partial charge in [0.05, 0.1) is 0 Å². The molecule has 0 heterocycles. The molecule has 1 atom stereocenters. The first-order valence-corrected chi connectivity index (χ1v) is 9.00. The van der Waals surface area contributed by atoms with Crippen LogP contribution in [0.25, 0.3) is 0 Å². The van der Waals surface area contributed by atoms with Crippen molar-refractivity contribution in [2.45, 2.75) is 25.9 Å². The maximum Gasteiger partial charge on any atom is 0.407 e. The number of amides is 1. The molecule has 0 aliphatic carbocycles. The molecule has 2 N–H and O–H groups in total. The molecular formula is C14H22NO4P. The Morgan fingerprint density at radius 2 is 1.95 bits per heavy atom. The minimum atomic E-state index is -2.89. The summed E-state index contributed by atoms with van der Waals surface area (Å²) in [6.45, 7) is 2.15. The molecule has 0 fully saturated rings. The van der Waals surface area contributed by atoms with E-state index in [1.54, 1.807) is 0 Å². The van der Waals surface area contributed by atoms with Crippen LogP contribution >= 0.6 is 7.37 Å². The third-order valence-corrected chi connectivity index (χ3v) is 3.88. The van der Waals surface area contributed by atoms with E-state index in [4.69, 9.17) is 9.63 Å². The Hall–Kier alpha value is -1.32. The molecule has 1 aromatic carbocycles. The summed E-state index contributed by atoms with van der Waals surface area (Å²) in [6.07, 6.45) is 2.20. The molecular weight excluding hydrogens is 277 g/mol. The first-order valence-electron chi connectivity index (χ1n) is 6.71. The van der Waals surface area contributed by atoms with Crippen LogP contribution in [0.15, 0.2) is 30.3 Å². The second-order valence-electron chi connectivity index (χ2n) is 4.82.